The smallest absolute Gasteiger partial charge is 0.238 e. The molecule has 1 aliphatic carbocycles. The summed E-state index contributed by atoms with van der Waals surface area (Å²) in [7, 11) is -3.69. The van der Waals surface area contributed by atoms with Crippen LogP contribution in [0.25, 0.3) is 11.3 Å². The maximum atomic E-state index is 12.0. The van der Waals surface area contributed by atoms with Gasteiger partial charge in [0, 0.05) is 23.4 Å². The number of carbonyl (C=O) groups is 1. The van der Waals surface area contributed by atoms with Crippen molar-refractivity contribution in [3.8, 4) is 11.3 Å². The summed E-state index contributed by atoms with van der Waals surface area (Å²) in [5, 5.41) is 5.10. The highest BCUT2D eigenvalue weighted by molar-refractivity contribution is 7.89. The number of Topliss-reactive ketones (excluding diaryl/α,β-unsaturated/α-hetero) is 1. The first-order chi connectivity index (χ1) is 9.88. The molecule has 0 saturated carbocycles. The molecule has 0 amide bonds. The van der Waals surface area contributed by atoms with Gasteiger partial charge in [-0.15, -0.1) is 0 Å². The molecule has 0 fully saturated rings. The van der Waals surface area contributed by atoms with Crippen LogP contribution < -0.4 is 5.14 Å². The van der Waals surface area contributed by atoms with Crippen molar-refractivity contribution >= 4 is 15.8 Å². The number of aromatic amines is 1. The molecule has 0 spiro atoms. The van der Waals surface area contributed by atoms with Gasteiger partial charge >= 0.3 is 0 Å². The van der Waals surface area contributed by atoms with Crippen LogP contribution in [0.1, 0.15) is 34.5 Å². The molecular weight excluding hydrogens is 288 g/mol. The number of benzene rings is 1. The number of nitrogens with two attached hydrogens (primary N) is 1. The minimum absolute atomic E-state index is 0.0828. The zero-order valence-electron chi connectivity index (χ0n) is 11.6. The van der Waals surface area contributed by atoms with E-state index >= 15 is 0 Å². The van der Waals surface area contributed by atoms with Crippen LogP contribution in [0, 0.1) is 6.92 Å². The maximum Gasteiger partial charge on any atom is 0.238 e. The predicted octanol–water partition coefficient (Wildman–Crippen LogP) is 2.16. The highest BCUT2D eigenvalue weighted by atomic mass is 32.2. The van der Waals surface area contributed by atoms with E-state index in [-0.39, 0.29) is 10.7 Å². The van der Waals surface area contributed by atoms with Gasteiger partial charge in [-0.25, -0.2) is 13.6 Å². The van der Waals surface area contributed by atoms with Crippen LogP contribution in [0.2, 0.25) is 0 Å². The molecule has 1 aromatic carbocycles. The van der Waals surface area contributed by atoms with Gasteiger partial charge < -0.3 is 4.98 Å². The van der Waals surface area contributed by atoms with E-state index in [4.69, 9.17) is 5.14 Å². The lowest BCUT2D eigenvalue weighted by Crippen LogP contribution is -2.11. The fourth-order valence-corrected chi connectivity index (χ4v) is 3.43. The van der Waals surface area contributed by atoms with Crippen LogP contribution in [-0.2, 0) is 16.4 Å². The largest absolute Gasteiger partial charge is 0.358 e. The molecule has 1 heterocycles. The number of fused-ring (bicyclic) bond motifs is 1. The first-order valence-corrected chi connectivity index (χ1v) is 8.30. The third-order valence-electron chi connectivity index (χ3n) is 3.87. The topological polar surface area (TPSA) is 93.0 Å². The van der Waals surface area contributed by atoms with E-state index < -0.39 is 10.0 Å². The van der Waals surface area contributed by atoms with Crippen molar-refractivity contribution in [1.29, 1.82) is 0 Å². The SMILES string of the molecule is Cc1[nH]c(-c2ccc(S(N)(=O)=O)cc2)c2c1C(=O)CCC2. The Balaban J connectivity index is 2.10. The molecule has 1 aliphatic rings. The first kappa shape index (κ1) is 14.0. The average molecular weight is 304 g/mol. The van der Waals surface area contributed by atoms with E-state index in [1.807, 2.05) is 6.92 Å². The summed E-state index contributed by atoms with van der Waals surface area (Å²) in [6.07, 6.45) is 2.30. The molecule has 5 nitrogen and oxygen atoms in total. The highest BCUT2D eigenvalue weighted by Crippen LogP contribution is 2.33. The van der Waals surface area contributed by atoms with Gasteiger partial charge in [-0.2, -0.15) is 0 Å². The highest BCUT2D eigenvalue weighted by Gasteiger charge is 2.25. The normalized spacial score (nSPS) is 15.0. The van der Waals surface area contributed by atoms with Gasteiger partial charge in [-0.3, -0.25) is 4.79 Å². The number of aromatic nitrogens is 1. The molecule has 3 N–H and O–H groups in total. The maximum absolute atomic E-state index is 12.0. The summed E-state index contributed by atoms with van der Waals surface area (Å²) in [6, 6.07) is 6.39. The van der Waals surface area contributed by atoms with Crippen molar-refractivity contribution in [1.82, 2.24) is 4.98 Å². The van der Waals surface area contributed by atoms with Gasteiger partial charge in [-0.1, -0.05) is 12.1 Å². The van der Waals surface area contributed by atoms with Gasteiger partial charge in [0.2, 0.25) is 10.0 Å². The second-order valence-electron chi connectivity index (χ2n) is 5.32. The molecule has 1 aromatic heterocycles. The summed E-state index contributed by atoms with van der Waals surface area (Å²) in [5.74, 6) is 0.178. The van der Waals surface area contributed by atoms with Gasteiger partial charge in [0.15, 0.2) is 5.78 Å². The summed E-state index contributed by atoms with van der Waals surface area (Å²) >= 11 is 0. The lowest BCUT2D eigenvalue weighted by Gasteiger charge is -2.12. The van der Waals surface area contributed by atoms with Crippen LogP contribution in [-0.4, -0.2) is 19.2 Å². The third kappa shape index (κ3) is 2.41. The van der Waals surface area contributed by atoms with Gasteiger partial charge in [-0.05, 0) is 43.0 Å². The Bertz CT molecular complexity index is 817. The fourth-order valence-electron chi connectivity index (χ4n) is 2.91. The van der Waals surface area contributed by atoms with E-state index in [2.05, 4.69) is 4.98 Å². The Morgan fingerprint density at radius 3 is 2.43 bits per heavy atom. The summed E-state index contributed by atoms with van der Waals surface area (Å²) in [4.78, 5) is 15.4. The van der Waals surface area contributed by atoms with Crippen LogP contribution in [0.5, 0.6) is 0 Å². The number of aryl methyl sites for hydroxylation is 1. The molecule has 0 atom stereocenters. The molecular formula is C15H16N2O3S. The van der Waals surface area contributed by atoms with Gasteiger partial charge in [0.1, 0.15) is 0 Å². The lowest BCUT2D eigenvalue weighted by molar-refractivity contribution is 0.0972. The van der Waals surface area contributed by atoms with E-state index in [9.17, 15) is 13.2 Å². The first-order valence-electron chi connectivity index (χ1n) is 6.76. The fraction of sp³-hybridized carbons (Fsp3) is 0.267. The van der Waals surface area contributed by atoms with Crippen molar-refractivity contribution in [2.45, 2.75) is 31.1 Å². The molecule has 3 rings (SSSR count). The number of ketones is 1. The number of nitrogens with one attached hydrogen (secondary N) is 1. The molecule has 21 heavy (non-hydrogen) atoms. The Hall–Kier alpha value is -1.92. The van der Waals surface area contributed by atoms with Crippen LogP contribution >= 0.6 is 0 Å². The minimum atomic E-state index is -3.69. The van der Waals surface area contributed by atoms with Gasteiger partial charge in [0.05, 0.1) is 4.90 Å². The second kappa shape index (κ2) is 4.82. The molecule has 0 bridgehead atoms. The predicted molar refractivity (Wildman–Crippen MR) is 79.6 cm³/mol. The zero-order valence-corrected chi connectivity index (χ0v) is 12.5. The van der Waals surface area contributed by atoms with E-state index in [1.54, 1.807) is 12.1 Å². The van der Waals surface area contributed by atoms with Crippen molar-refractivity contribution in [3.63, 3.8) is 0 Å². The Morgan fingerprint density at radius 1 is 1.14 bits per heavy atom. The average Bonchev–Trinajstić information content (AvgIpc) is 2.77. The molecule has 6 heteroatoms. The van der Waals surface area contributed by atoms with Gasteiger partial charge in [0.25, 0.3) is 0 Å². The number of rotatable bonds is 2. The third-order valence-corrected chi connectivity index (χ3v) is 4.80. The second-order valence-corrected chi connectivity index (χ2v) is 6.89. The van der Waals surface area contributed by atoms with E-state index in [0.29, 0.717) is 6.42 Å². The quantitative estimate of drug-likeness (QED) is 0.890. The van der Waals surface area contributed by atoms with Crippen molar-refractivity contribution in [2.75, 3.05) is 0 Å². The summed E-state index contributed by atoms with van der Waals surface area (Å²) < 4.78 is 22.6. The minimum Gasteiger partial charge on any atom is -0.358 e. The molecule has 0 unspecified atom stereocenters. The number of H-pyrrole nitrogens is 1. The number of hydrogen-bond donors (Lipinski definition) is 2. The number of carbonyl (C=O) groups excluding carboxylic acids is 1. The molecule has 110 valence electrons. The standard InChI is InChI=1S/C15H16N2O3S/c1-9-14-12(3-2-4-13(14)18)15(17-9)10-5-7-11(8-6-10)21(16,19)20/h5-8,17H,2-4H2,1H3,(H2,16,19,20). The Labute approximate surface area is 123 Å². The molecule has 0 radical (unpaired) electrons. The lowest BCUT2D eigenvalue weighted by atomic mass is 9.90. The van der Waals surface area contributed by atoms with E-state index in [0.717, 1.165) is 40.9 Å². The van der Waals surface area contributed by atoms with Crippen molar-refractivity contribution < 1.29 is 13.2 Å². The number of sulfonamides is 1. The van der Waals surface area contributed by atoms with Crippen molar-refractivity contribution in [2.24, 2.45) is 5.14 Å². The monoisotopic (exact) mass is 304 g/mol. The molecule has 2 aromatic rings. The van der Waals surface area contributed by atoms with Crippen molar-refractivity contribution in [3.05, 3.63) is 41.1 Å². The van der Waals surface area contributed by atoms with E-state index in [1.165, 1.54) is 12.1 Å². The summed E-state index contributed by atoms with van der Waals surface area (Å²) in [6.45, 7) is 1.89. The van der Waals surface area contributed by atoms with Crippen LogP contribution in [0.3, 0.4) is 0 Å². The van der Waals surface area contributed by atoms with Crippen LogP contribution in [0.15, 0.2) is 29.2 Å². The molecule has 0 saturated heterocycles. The number of hydrogen-bond acceptors (Lipinski definition) is 3. The summed E-state index contributed by atoms with van der Waals surface area (Å²) in [5.41, 5.74) is 4.47. The van der Waals surface area contributed by atoms with Crippen LogP contribution in [0.4, 0.5) is 0 Å². The zero-order chi connectivity index (χ0) is 15.2. The number of primary sulfonamides is 1. The Morgan fingerprint density at radius 2 is 1.81 bits per heavy atom. The molecule has 0 aliphatic heterocycles. The Kier molecular flexibility index (Phi) is 3.22.